The van der Waals surface area contributed by atoms with Crippen LogP contribution in [0.1, 0.15) is 32.6 Å². The molecule has 2 bridgehead atoms. The van der Waals surface area contributed by atoms with Gasteiger partial charge < -0.3 is 10.6 Å². The first kappa shape index (κ1) is 18.0. The molecule has 4 rings (SSSR count). The van der Waals surface area contributed by atoms with Crippen molar-refractivity contribution >= 4 is 29.3 Å². The van der Waals surface area contributed by atoms with E-state index < -0.39 is 0 Å². The van der Waals surface area contributed by atoms with Crippen molar-refractivity contribution in [2.45, 2.75) is 43.8 Å². The average Bonchev–Trinajstić information content (AvgIpc) is 3.36. The van der Waals surface area contributed by atoms with Gasteiger partial charge >= 0.3 is 0 Å². The second-order valence-corrected chi connectivity index (χ2v) is 8.31. The van der Waals surface area contributed by atoms with Crippen LogP contribution in [0, 0.1) is 11.8 Å². The van der Waals surface area contributed by atoms with Gasteiger partial charge in [0.05, 0.1) is 5.75 Å². The molecule has 142 valence electrons. The number of thioether (sulfide) groups is 1. The molecule has 0 unspecified atom stereocenters. The highest BCUT2D eigenvalue weighted by Crippen LogP contribution is 2.44. The average molecular weight is 385 g/mol. The Kier molecular flexibility index (Phi) is 5.15. The number of hydrogen-bond donors (Lipinski definition) is 3. The number of rotatable bonds is 6. The van der Waals surface area contributed by atoms with E-state index in [9.17, 15) is 9.59 Å². The third kappa shape index (κ3) is 4.32. The number of nitrogens with zero attached hydrogens (tertiary/aromatic N) is 2. The van der Waals surface area contributed by atoms with E-state index in [1.807, 2.05) is 24.3 Å². The Morgan fingerprint density at radius 2 is 2.19 bits per heavy atom. The summed E-state index contributed by atoms with van der Waals surface area (Å²) in [6.45, 7) is 1.47. The second kappa shape index (κ2) is 7.72. The maximum Gasteiger partial charge on any atom is 0.230 e. The molecule has 3 atom stereocenters. The first-order valence-corrected chi connectivity index (χ1v) is 10.3. The molecule has 2 aromatic rings. The summed E-state index contributed by atoms with van der Waals surface area (Å²) in [5, 5.41) is 13.5. The van der Waals surface area contributed by atoms with Crippen LogP contribution in [0.4, 0.5) is 5.69 Å². The van der Waals surface area contributed by atoms with Crippen molar-refractivity contribution in [1.29, 1.82) is 0 Å². The highest BCUT2D eigenvalue weighted by atomic mass is 32.2. The molecular formula is C19H23N5O2S. The molecule has 2 aliphatic carbocycles. The number of hydrogen-bond acceptors (Lipinski definition) is 5. The monoisotopic (exact) mass is 385 g/mol. The number of nitrogens with one attached hydrogen (secondary N) is 3. The molecule has 1 aromatic heterocycles. The van der Waals surface area contributed by atoms with Crippen molar-refractivity contribution in [1.82, 2.24) is 20.5 Å². The molecule has 3 N–H and O–H groups in total. The normalized spacial score (nSPS) is 23.4. The third-order valence-electron chi connectivity index (χ3n) is 5.34. The molecule has 2 saturated carbocycles. The molecule has 0 spiro atoms. The van der Waals surface area contributed by atoms with Crippen molar-refractivity contribution in [2.75, 3.05) is 11.1 Å². The Labute approximate surface area is 162 Å². The van der Waals surface area contributed by atoms with Crippen LogP contribution in [0.3, 0.4) is 0 Å². The van der Waals surface area contributed by atoms with Gasteiger partial charge in [0.1, 0.15) is 0 Å². The smallest absolute Gasteiger partial charge is 0.230 e. The van der Waals surface area contributed by atoms with Crippen molar-refractivity contribution in [3.05, 3.63) is 24.3 Å². The number of aromatic amines is 1. The molecule has 27 heavy (non-hydrogen) atoms. The topological polar surface area (TPSA) is 99.8 Å². The lowest BCUT2D eigenvalue weighted by Gasteiger charge is -2.22. The molecule has 0 radical (unpaired) electrons. The van der Waals surface area contributed by atoms with Crippen LogP contribution in [0.5, 0.6) is 0 Å². The molecule has 2 fully saturated rings. The van der Waals surface area contributed by atoms with Crippen LogP contribution in [-0.4, -0.2) is 38.8 Å². The van der Waals surface area contributed by atoms with E-state index in [-0.39, 0.29) is 11.8 Å². The lowest BCUT2D eigenvalue weighted by molar-refractivity contribution is -0.119. The summed E-state index contributed by atoms with van der Waals surface area (Å²) in [6, 6.07) is 7.74. The lowest BCUT2D eigenvalue weighted by atomic mass is 9.95. The van der Waals surface area contributed by atoms with Crippen LogP contribution in [0.2, 0.25) is 0 Å². The zero-order chi connectivity index (χ0) is 18.8. The number of carbonyl (C=O) groups excluding carboxylic acids is 2. The van der Waals surface area contributed by atoms with Crippen molar-refractivity contribution in [2.24, 2.45) is 11.8 Å². The molecule has 1 heterocycles. The molecule has 8 heteroatoms. The zero-order valence-corrected chi connectivity index (χ0v) is 16.0. The summed E-state index contributed by atoms with van der Waals surface area (Å²) in [5.74, 6) is 2.35. The first-order valence-electron chi connectivity index (χ1n) is 9.29. The highest BCUT2D eigenvalue weighted by molar-refractivity contribution is 7.99. The summed E-state index contributed by atoms with van der Waals surface area (Å²) >= 11 is 1.33. The van der Waals surface area contributed by atoms with Crippen LogP contribution >= 0.6 is 11.8 Å². The van der Waals surface area contributed by atoms with E-state index in [4.69, 9.17) is 0 Å². The Bertz CT molecular complexity index is 852. The predicted octanol–water partition coefficient (Wildman–Crippen LogP) is 2.83. The Hall–Kier alpha value is -2.35. The van der Waals surface area contributed by atoms with Gasteiger partial charge in [0.15, 0.2) is 5.82 Å². The second-order valence-electron chi connectivity index (χ2n) is 7.37. The molecule has 0 aliphatic heterocycles. The van der Waals surface area contributed by atoms with Gasteiger partial charge in [-0.25, -0.2) is 4.98 Å². The summed E-state index contributed by atoms with van der Waals surface area (Å²) in [5.41, 5.74) is 1.53. The van der Waals surface area contributed by atoms with Crippen molar-refractivity contribution < 1.29 is 9.59 Å². The summed E-state index contributed by atoms with van der Waals surface area (Å²) in [7, 11) is 0. The van der Waals surface area contributed by atoms with Gasteiger partial charge in [-0.3, -0.25) is 14.7 Å². The minimum absolute atomic E-state index is 0.0524. The van der Waals surface area contributed by atoms with Crippen molar-refractivity contribution in [3.8, 4) is 11.4 Å². The van der Waals surface area contributed by atoms with Crippen LogP contribution < -0.4 is 10.6 Å². The molecule has 2 amide bonds. The minimum Gasteiger partial charge on any atom is -0.352 e. The fourth-order valence-corrected chi connectivity index (χ4v) is 4.80. The van der Waals surface area contributed by atoms with Gasteiger partial charge in [-0.1, -0.05) is 30.3 Å². The van der Waals surface area contributed by atoms with Gasteiger partial charge in [0.25, 0.3) is 0 Å². The van der Waals surface area contributed by atoms with Crippen LogP contribution in [0.25, 0.3) is 11.4 Å². The number of fused-ring (bicyclic) bond motifs is 2. The largest absolute Gasteiger partial charge is 0.352 e. The summed E-state index contributed by atoms with van der Waals surface area (Å²) < 4.78 is 0. The molecule has 0 saturated heterocycles. The highest BCUT2D eigenvalue weighted by Gasteiger charge is 2.39. The summed E-state index contributed by atoms with van der Waals surface area (Å²) in [4.78, 5) is 27.9. The Balaban J connectivity index is 1.31. The van der Waals surface area contributed by atoms with E-state index in [1.54, 1.807) is 0 Å². The fraction of sp³-hybridized carbons (Fsp3) is 0.474. The van der Waals surface area contributed by atoms with Gasteiger partial charge in [-0.15, -0.1) is 5.10 Å². The number of carbonyl (C=O) groups is 2. The number of anilines is 1. The van der Waals surface area contributed by atoms with Crippen LogP contribution in [-0.2, 0) is 9.59 Å². The molecular weight excluding hydrogens is 362 g/mol. The van der Waals surface area contributed by atoms with E-state index in [0.717, 1.165) is 17.9 Å². The predicted molar refractivity (Wildman–Crippen MR) is 104 cm³/mol. The van der Waals surface area contributed by atoms with Gasteiger partial charge in [-0.05, 0) is 43.2 Å². The maximum atomic E-state index is 12.2. The minimum atomic E-state index is -0.123. The number of amides is 2. The molecule has 2 aliphatic rings. The third-order valence-corrected chi connectivity index (χ3v) is 6.19. The van der Waals surface area contributed by atoms with E-state index in [1.165, 1.54) is 37.9 Å². The standard InChI is InChI=1S/C19H23N5O2S/c1-11(25)20-15-4-2-3-14(9-15)18-22-19(24-23-18)27-10-17(26)21-16-8-12-5-6-13(16)7-12/h2-4,9,12-13,16H,5-8,10H2,1H3,(H,20,25)(H,21,26)(H,22,23,24)/t12-,13+,16+/m0/s1. The van der Waals surface area contributed by atoms with E-state index >= 15 is 0 Å². The quantitative estimate of drug-likeness (QED) is 0.664. The van der Waals surface area contributed by atoms with Crippen molar-refractivity contribution in [3.63, 3.8) is 0 Å². The van der Waals surface area contributed by atoms with Gasteiger partial charge in [0, 0.05) is 24.2 Å². The van der Waals surface area contributed by atoms with Gasteiger partial charge in [-0.2, -0.15) is 0 Å². The molecule has 1 aromatic carbocycles. The van der Waals surface area contributed by atoms with E-state index in [0.29, 0.717) is 34.4 Å². The summed E-state index contributed by atoms with van der Waals surface area (Å²) in [6.07, 6.45) is 5.00. The van der Waals surface area contributed by atoms with Crippen LogP contribution in [0.15, 0.2) is 29.4 Å². The lowest BCUT2D eigenvalue weighted by Crippen LogP contribution is -2.39. The molecule has 7 nitrogen and oxygen atoms in total. The maximum absolute atomic E-state index is 12.2. The number of aromatic nitrogens is 3. The fourth-order valence-electron chi connectivity index (χ4n) is 4.19. The Morgan fingerprint density at radius 1 is 1.30 bits per heavy atom. The number of H-pyrrole nitrogens is 1. The van der Waals surface area contributed by atoms with Gasteiger partial charge in [0.2, 0.25) is 17.0 Å². The first-order chi connectivity index (χ1) is 13.1. The zero-order valence-electron chi connectivity index (χ0n) is 15.2. The Morgan fingerprint density at radius 3 is 2.93 bits per heavy atom. The SMILES string of the molecule is CC(=O)Nc1cccc(-c2nc(SCC(=O)N[C@@H]3C[C@H]4CC[C@@H]3C4)n[nH]2)c1. The number of benzene rings is 1. The van der Waals surface area contributed by atoms with E-state index in [2.05, 4.69) is 25.8 Å².